The monoisotopic (exact) mass is 299 g/mol. The van der Waals surface area contributed by atoms with Crippen LogP contribution in [0.15, 0.2) is 0 Å². The van der Waals surface area contributed by atoms with Crippen molar-refractivity contribution in [2.45, 2.75) is 32.7 Å². The van der Waals surface area contributed by atoms with Crippen LogP contribution in [0.25, 0.3) is 0 Å². The third-order valence-corrected chi connectivity index (χ3v) is 4.04. The van der Waals surface area contributed by atoms with Gasteiger partial charge in [0.25, 0.3) is 0 Å². The zero-order chi connectivity index (χ0) is 16.2. The van der Waals surface area contributed by atoms with Gasteiger partial charge in [0.1, 0.15) is 0 Å². The van der Waals surface area contributed by atoms with E-state index in [9.17, 15) is 14.4 Å². The molecule has 0 spiro atoms. The number of hydrogen-bond acceptors (Lipinski definition) is 3. The summed E-state index contributed by atoms with van der Waals surface area (Å²) in [5, 5.41) is 11.6. The van der Waals surface area contributed by atoms with Crippen molar-refractivity contribution in [3.05, 3.63) is 0 Å². The molecular formula is C14H25N3O4. The normalized spacial score (nSPS) is 23.3. The number of nitrogens with one attached hydrogen (secondary N) is 1. The molecule has 1 aliphatic heterocycles. The standard InChI is InChI=1S/C14H25N3O4/c1-9(12(18)15-3)8-16(4)14(21)17-6-5-11(13(19)20)7-10(17)2/h9-11H,5-8H2,1-4H3,(H,15,18)(H,19,20). The van der Waals surface area contributed by atoms with Gasteiger partial charge < -0.3 is 20.2 Å². The quantitative estimate of drug-likeness (QED) is 0.795. The summed E-state index contributed by atoms with van der Waals surface area (Å²) in [5.41, 5.74) is 0. The van der Waals surface area contributed by atoms with Crippen LogP contribution in [0, 0.1) is 11.8 Å². The summed E-state index contributed by atoms with van der Waals surface area (Å²) in [7, 11) is 3.23. The highest BCUT2D eigenvalue weighted by Crippen LogP contribution is 2.24. The number of carboxylic acids is 1. The molecule has 2 N–H and O–H groups in total. The van der Waals surface area contributed by atoms with Crippen molar-refractivity contribution < 1.29 is 19.5 Å². The second kappa shape index (κ2) is 7.28. The van der Waals surface area contributed by atoms with E-state index in [4.69, 9.17) is 5.11 Å². The number of carbonyl (C=O) groups is 3. The smallest absolute Gasteiger partial charge is 0.320 e. The number of aliphatic carboxylic acids is 1. The summed E-state index contributed by atoms with van der Waals surface area (Å²) in [6.07, 6.45) is 0.949. The molecule has 21 heavy (non-hydrogen) atoms. The second-order valence-electron chi connectivity index (χ2n) is 5.78. The van der Waals surface area contributed by atoms with Crippen LogP contribution in [0.4, 0.5) is 4.79 Å². The molecule has 0 radical (unpaired) electrons. The van der Waals surface area contributed by atoms with Gasteiger partial charge in [-0.3, -0.25) is 9.59 Å². The molecule has 1 heterocycles. The molecular weight excluding hydrogens is 274 g/mol. The Labute approximate surface area is 125 Å². The number of piperidine rings is 1. The van der Waals surface area contributed by atoms with Crippen LogP contribution in [0.5, 0.6) is 0 Å². The predicted octanol–water partition coefficient (Wildman–Crippen LogP) is 0.605. The molecule has 0 aromatic rings. The Morgan fingerprint density at radius 3 is 2.52 bits per heavy atom. The maximum absolute atomic E-state index is 12.4. The van der Waals surface area contributed by atoms with Crippen molar-refractivity contribution in [1.82, 2.24) is 15.1 Å². The van der Waals surface area contributed by atoms with E-state index in [1.165, 1.54) is 4.90 Å². The largest absolute Gasteiger partial charge is 0.481 e. The fourth-order valence-electron chi connectivity index (χ4n) is 2.72. The molecule has 3 atom stereocenters. The van der Waals surface area contributed by atoms with Gasteiger partial charge in [-0.2, -0.15) is 0 Å². The van der Waals surface area contributed by atoms with Crippen molar-refractivity contribution in [3.63, 3.8) is 0 Å². The molecule has 3 amide bonds. The van der Waals surface area contributed by atoms with Crippen molar-refractivity contribution in [2.75, 3.05) is 27.2 Å². The SMILES string of the molecule is CNC(=O)C(C)CN(C)C(=O)N1CCC(C(=O)O)CC1C. The van der Waals surface area contributed by atoms with Gasteiger partial charge in [0, 0.05) is 33.2 Å². The lowest BCUT2D eigenvalue weighted by atomic mass is 9.92. The highest BCUT2D eigenvalue weighted by molar-refractivity contribution is 5.80. The number of nitrogens with zero attached hydrogens (tertiary/aromatic N) is 2. The lowest BCUT2D eigenvalue weighted by Gasteiger charge is -2.38. The Bertz CT molecular complexity index is 413. The zero-order valence-electron chi connectivity index (χ0n) is 13.1. The van der Waals surface area contributed by atoms with Crippen molar-refractivity contribution in [2.24, 2.45) is 11.8 Å². The summed E-state index contributed by atoms with van der Waals surface area (Å²) in [6.45, 7) is 4.41. The van der Waals surface area contributed by atoms with Gasteiger partial charge >= 0.3 is 12.0 Å². The molecule has 0 aromatic heterocycles. The third-order valence-electron chi connectivity index (χ3n) is 4.04. The van der Waals surface area contributed by atoms with Crippen LogP contribution in [-0.2, 0) is 9.59 Å². The van der Waals surface area contributed by atoms with Crippen LogP contribution in [0.3, 0.4) is 0 Å². The topological polar surface area (TPSA) is 90.0 Å². The van der Waals surface area contributed by atoms with Crippen LogP contribution < -0.4 is 5.32 Å². The highest BCUT2D eigenvalue weighted by Gasteiger charge is 2.33. The molecule has 0 aromatic carbocycles. The van der Waals surface area contributed by atoms with E-state index in [0.717, 1.165) is 0 Å². The fourth-order valence-corrected chi connectivity index (χ4v) is 2.72. The van der Waals surface area contributed by atoms with Crippen LogP contribution in [-0.4, -0.2) is 66.0 Å². The average Bonchev–Trinajstić information content (AvgIpc) is 2.45. The molecule has 1 fully saturated rings. The summed E-state index contributed by atoms with van der Waals surface area (Å²) >= 11 is 0. The van der Waals surface area contributed by atoms with Crippen molar-refractivity contribution in [3.8, 4) is 0 Å². The fraction of sp³-hybridized carbons (Fsp3) is 0.786. The van der Waals surface area contributed by atoms with Crippen molar-refractivity contribution in [1.29, 1.82) is 0 Å². The van der Waals surface area contributed by atoms with E-state index in [1.807, 2.05) is 6.92 Å². The highest BCUT2D eigenvalue weighted by atomic mass is 16.4. The number of hydrogen-bond donors (Lipinski definition) is 2. The van der Waals surface area contributed by atoms with Crippen LogP contribution >= 0.6 is 0 Å². The van der Waals surface area contributed by atoms with Gasteiger partial charge in [0.15, 0.2) is 0 Å². The first-order chi connectivity index (χ1) is 9.77. The number of carboxylic acid groups (broad SMARTS) is 1. The molecule has 7 heteroatoms. The van der Waals surface area contributed by atoms with E-state index in [2.05, 4.69) is 5.32 Å². The Morgan fingerprint density at radius 2 is 2.05 bits per heavy atom. The molecule has 120 valence electrons. The number of rotatable bonds is 4. The van der Waals surface area contributed by atoms with Gasteiger partial charge in [-0.05, 0) is 19.8 Å². The van der Waals surface area contributed by atoms with E-state index in [-0.39, 0.29) is 29.8 Å². The van der Waals surface area contributed by atoms with Crippen LogP contribution in [0.1, 0.15) is 26.7 Å². The molecule has 0 aliphatic carbocycles. The number of urea groups is 1. The maximum atomic E-state index is 12.4. The minimum atomic E-state index is -0.796. The van der Waals surface area contributed by atoms with Crippen molar-refractivity contribution >= 4 is 17.9 Å². The Morgan fingerprint density at radius 1 is 1.43 bits per heavy atom. The first-order valence-corrected chi connectivity index (χ1v) is 7.24. The number of likely N-dealkylation sites (tertiary alicyclic amines) is 1. The Hall–Kier alpha value is -1.79. The molecule has 1 saturated heterocycles. The third kappa shape index (κ3) is 4.34. The van der Waals surface area contributed by atoms with Gasteiger partial charge in [-0.1, -0.05) is 6.92 Å². The molecule has 1 rings (SSSR count). The summed E-state index contributed by atoms with van der Waals surface area (Å²) < 4.78 is 0. The molecule has 7 nitrogen and oxygen atoms in total. The van der Waals surface area contributed by atoms with Crippen LogP contribution in [0.2, 0.25) is 0 Å². The van der Waals surface area contributed by atoms with E-state index < -0.39 is 5.97 Å². The number of amides is 3. The maximum Gasteiger partial charge on any atom is 0.320 e. The van der Waals surface area contributed by atoms with Gasteiger partial charge in [-0.25, -0.2) is 4.79 Å². The first kappa shape index (κ1) is 17.3. The van der Waals surface area contributed by atoms with Gasteiger partial charge in [0.05, 0.1) is 11.8 Å². The van der Waals surface area contributed by atoms with E-state index in [1.54, 1.807) is 25.9 Å². The zero-order valence-corrected chi connectivity index (χ0v) is 13.1. The molecule has 0 saturated carbocycles. The summed E-state index contributed by atoms with van der Waals surface area (Å²) in [6, 6.07) is -0.257. The van der Waals surface area contributed by atoms with E-state index >= 15 is 0 Å². The minimum absolute atomic E-state index is 0.104. The average molecular weight is 299 g/mol. The first-order valence-electron chi connectivity index (χ1n) is 7.24. The van der Waals surface area contributed by atoms with E-state index in [0.29, 0.717) is 25.9 Å². The Balaban J connectivity index is 2.59. The number of carbonyl (C=O) groups excluding carboxylic acids is 2. The predicted molar refractivity (Wildman–Crippen MR) is 77.8 cm³/mol. The van der Waals surface area contributed by atoms with Gasteiger partial charge in [-0.15, -0.1) is 0 Å². The summed E-state index contributed by atoms with van der Waals surface area (Å²) in [4.78, 5) is 38.1. The molecule has 3 unspecified atom stereocenters. The summed E-state index contributed by atoms with van der Waals surface area (Å²) in [5.74, 6) is -1.56. The lowest BCUT2D eigenvalue weighted by molar-refractivity contribution is -0.143. The second-order valence-corrected chi connectivity index (χ2v) is 5.78. The Kier molecular flexibility index (Phi) is 5.99. The lowest BCUT2D eigenvalue weighted by Crippen LogP contribution is -2.51. The van der Waals surface area contributed by atoms with Gasteiger partial charge in [0.2, 0.25) is 5.91 Å². The minimum Gasteiger partial charge on any atom is -0.481 e. The molecule has 0 bridgehead atoms. The molecule has 1 aliphatic rings.